The third kappa shape index (κ3) is 2.42. The van der Waals surface area contributed by atoms with Gasteiger partial charge in [-0.2, -0.15) is 5.10 Å². The summed E-state index contributed by atoms with van der Waals surface area (Å²) in [6.07, 6.45) is 2.97. The minimum absolute atomic E-state index is 0.0705. The standard InChI is InChI=1S/C20H18N6O2/c21-18-17-19(24-13-5-1-2-6-16(13)28)25-26(20(17)23-10-22-18)14-9-8-12-11(14)4-3-7-15(12)27/h1-7,10,14,27-28H,8-9H2,(H,24,25)(H2,21,22,23)/t14-/m1/s1. The number of para-hydroxylation sites is 2. The second-order valence-electron chi connectivity index (χ2n) is 6.79. The summed E-state index contributed by atoms with van der Waals surface area (Å²) in [7, 11) is 0. The summed E-state index contributed by atoms with van der Waals surface area (Å²) in [6, 6.07) is 12.4. The van der Waals surface area contributed by atoms with Gasteiger partial charge in [0.15, 0.2) is 11.5 Å². The van der Waals surface area contributed by atoms with Crippen molar-refractivity contribution in [2.75, 3.05) is 11.1 Å². The molecule has 0 saturated carbocycles. The molecule has 4 aromatic rings. The van der Waals surface area contributed by atoms with Gasteiger partial charge < -0.3 is 21.3 Å². The van der Waals surface area contributed by atoms with Gasteiger partial charge in [-0.25, -0.2) is 14.6 Å². The quantitative estimate of drug-likeness (QED) is 0.406. The van der Waals surface area contributed by atoms with Crippen molar-refractivity contribution in [1.82, 2.24) is 19.7 Å². The highest BCUT2D eigenvalue weighted by molar-refractivity contribution is 5.97. The van der Waals surface area contributed by atoms with Gasteiger partial charge in [-0.3, -0.25) is 0 Å². The van der Waals surface area contributed by atoms with Gasteiger partial charge in [0.25, 0.3) is 0 Å². The number of nitrogens with zero attached hydrogens (tertiary/aromatic N) is 4. The second kappa shape index (κ2) is 6.12. The molecule has 0 amide bonds. The van der Waals surface area contributed by atoms with Gasteiger partial charge in [0.2, 0.25) is 0 Å². The van der Waals surface area contributed by atoms with Gasteiger partial charge in [0.05, 0.1) is 11.7 Å². The molecule has 0 spiro atoms. The number of rotatable bonds is 3. The van der Waals surface area contributed by atoms with E-state index in [0.717, 1.165) is 24.0 Å². The van der Waals surface area contributed by atoms with E-state index < -0.39 is 0 Å². The van der Waals surface area contributed by atoms with Gasteiger partial charge in [-0.05, 0) is 42.2 Å². The number of aromatic nitrogens is 4. The Balaban J connectivity index is 1.67. The Morgan fingerprint density at radius 3 is 2.71 bits per heavy atom. The molecule has 8 heteroatoms. The van der Waals surface area contributed by atoms with Gasteiger partial charge in [0.1, 0.15) is 29.0 Å². The number of hydrogen-bond acceptors (Lipinski definition) is 7. The van der Waals surface area contributed by atoms with E-state index in [2.05, 4.69) is 15.3 Å². The molecule has 0 radical (unpaired) electrons. The Morgan fingerprint density at radius 1 is 1.04 bits per heavy atom. The van der Waals surface area contributed by atoms with Crippen molar-refractivity contribution < 1.29 is 10.2 Å². The maximum Gasteiger partial charge on any atom is 0.166 e. The molecule has 140 valence electrons. The lowest BCUT2D eigenvalue weighted by atomic mass is 10.1. The normalized spacial score (nSPS) is 15.6. The number of nitrogens with one attached hydrogen (secondary N) is 1. The van der Waals surface area contributed by atoms with E-state index in [1.165, 1.54) is 6.33 Å². The lowest BCUT2D eigenvalue weighted by Gasteiger charge is -2.13. The van der Waals surface area contributed by atoms with E-state index in [4.69, 9.17) is 10.8 Å². The van der Waals surface area contributed by atoms with Crippen LogP contribution >= 0.6 is 0 Å². The summed E-state index contributed by atoms with van der Waals surface area (Å²) in [5.41, 5.74) is 9.21. The molecule has 0 saturated heterocycles. The molecule has 0 fully saturated rings. The van der Waals surface area contributed by atoms with Crippen molar-refractivity contribution in [1.29, 1.82) is 0 Å². The molecule has 28 heavy (non-hydrogen) atoms. The Morgan fingerprint density at radius 2 is 1.86 bits per heavy atom. The predicted molar refractivity (Wildman–Crippen MR) is 106 cm³/mol. The number of phenols is 2. The predicted octanol–water partition coefficient (Wildman–Crippen LogP) is 3.10. The zero-order valence-electron chi connectivity index (χ0n) is 14.9. The number of phenolic OH excluding ortho intramolecular Hbond substituents is 2. The van der Waals surface area contributed by atoms with Crippen molar-refractivity contribution in [3.63, 3.8) is 0 Å². The SMILES string of the molecule is Nc1ncnc2c1c(Nc1ccccc1O)nn2[C@@H]1CCc2c(O)cccc21. The first-order valence-electron chi connectivity index (χ1n) is 8.98. The van der Waals surface area contributed by atoms with Crippen LogP contribution in [0.15, 0.2) is 48.8 Å². The van der Waals surface area contributed by atoms with Crippen LogP contribution in [0, 0.1) is 0 Å². The fourth-order valence-corrected chi connectivity index (χ4v) is 3.87. The van der Waals surface area contributed by atoms with Crippen molar-refractivity contribution in [2.24, 2.45) is 0 Å². The highest BCUT2D eigenvalue weighted by Crippen LogP contribution is 2.41. The monoisotopic (exact) mass is 374 g/mol. The lowest BCUT2D eigenvalue weighted by molar-refractivity contribution is 0.469. The molecule has 5 rings (SSSR count). The van der Waals surface area contributed by atoms with Crippen LogP contribution in [-0.4, -0.2) is 30.0 Å². The average Bonchev–Trinajstić information content (AvgIpc) is 3.27. The molecule has 5 N–H and O–H groups in total. The molecule has 0 unspecified atom stereocenters. The minimum Gasteiger partial charge on any atom is -0.508 e. The molecular weight excluding hydrogens is 356 g/mol. The minimum atomic E-state index is -0.0705. The summed E-state index contributed by atoms with van der Waals surface area (Å²) >= 11 is 0. The van der Waals surface area contributed by atoms with Crippen LogP contribution in [0.4, 0.5) is 17.3 Å². The first kappa shape index (κ1) is 16.4. The number of benzene rings is 2. The van der Waals surface area contributed by atoms with Crippen molar-refractivity contribution in [3.8, 4) is 11.5 Å². The Hall–Kier alpha value is -3.81. The molecule has 2 aromatic heterocycles. The molecular formula is C20H18N6O2. The van der Waals surface area contributed by atoms with Crippen LogP contribution in [0.25, 0.3) is 11.0 Å². The maximum atomic E-state index is 10.2. The molecule has 2 heterocycles. The van der Waals surface area contributed by atoms with E-state index in [1.54, 1.807) is 24.3 Å². The Labute approximate surface area is 160 Å². The first-order valence-corrected chi connectivity index (χ1v) is 8.98. The van der Waals surface area contributed by atoms with Crippen LogP contribution in [0.1, 0.15) is 23.6 Å². The molecule has 0 bridgehead atoms. The average molecular weight is 374 g/mol. The zero-order valence-corrected chi connectivity index (χ0v) is 14.9. The number of fused-ring (bicyclic) bond motifs is 2. The number of hydrogen-bond donors (Lipinski definition) is 4. The highest BCUT2D eigenvalue weighted by atomic mass is 16.3. The highest BCUT2D eigenvalue weighted by Gasteiger charge is 2.30. The van der Waals surface area contributed by atoms with E-state index in [0.29, 0.717) is 34.1 Å². The second-order valence-corrected chi connectivity index (χ2v) is 6.79. The number of nitrogen functional groups attached to an aromatic ring is 1. The summed E-state index contributed by atoms with van der Waals surface area (Å²) in [6.45, 7) is 0. The van der Waals surface area contributed by atoms with Crippen LogP contribution in [0.5, 0.6) is 11.5 Å². The molecule has 1 aliphatic rings. The van der Waals surface area contributed by atoms with E-state index in [1.807, 2.05) is 22.9 Å². The maximum absolute atomic E-state index is 10.2. The summed E-state index contributed by atoms with van der Waals surface area (Å²) in [4.78, 5) is 8.51. The number of nitrogens with two attached hydrogens (primary N) is 1. The van der Waals surface area contributed by atoms with Gasteiger partial charge in [-0.15, -0.1) is 0 Å². The van der Waals surface area contributed by atoms with Crippen LogP contribution in [0.3, 0.4) is 0 Å². The smallest absolute Gasteiger partial charge is 0.166 e. The number of aromatic hydroxyl groups is 2. The van der Waals surface area contributed by atoms with Crippen LogP contribution in [-0.2, 0) is 6.42 Å². The fourth-order valence-electron chi connectivity index (χ4n) is 3.87. The van der Waals surface area contributed by atoms with E-state index in [9.17, 15) is 10.2 Å². The summed E-state index contributed by atoms with van der Waals surface area (Å²) in [5, 5.41) is 28.7. The van der Waals surface area contributed by atoms with Crippen molar-refractivity contribution >= 4 is 28.4 Å². The first-order chi connectivity index (χ1) is 13.6. The van der Waals surface area contributed by atoms with E-state index >= 15 is 0 Å². The van der Waals surface area contributed by atoms with Gasteiger partial charge >= 0.3 is 0 Å². The third-order valence-corrected chi connectivity index (χ3v) is 5.18. The number of anilines is 3. The fraction of sp³-hybridized carbons (Fsp3) is 0.150. The summed E-state index contributed by atoms with van der Waals surface area (Å²) < 4.78 is 1.82. The lowest BCUT2D eigenvalue weighted by Crippen LogP contribution is -2.10. The van der Waals surface area contributed by atoms with Gasteiger partial charge in [-0.1, -0.05) is 24.3 Å². The third-order valence-electron chi connectivity index (χ3n) is 5.18. The van der Waals surface area contributed by atoms with Crippen molar-refractivity contribution in [2.45, 2.75) is 18.9 Å². The molecule has 1 atom stereocenters. The Kier molecular flexibility index (Phi) is 3.58. The molecule has 8 nitrogen and oxygen atoms in total. The summed E-state index contributed by atoms with van der Waals surface area (Å²) in [5.74, 6) is 1.20. The van der Waals surface area contributed by atoms with Crippen LogP contribution in [0.2, 0.25) is 0 Å². The van der Waals surface area contributed by atoms with Crippen molar-refractivity contribution in [3.05, 3.63) is 59.9 Å². The molecule has 2 aromatic carbocycles. The zero-order chi connectivity index (χ0) is 19.3. The molecule has 0 aliphatic heterocycles. The largest absolute Gasteiger partial charge is 0.508 e. The van der Waals surface area contributed by atoms with Gasteiger partial charge in [0, 0.05) is 0 Å². The Bertz CT molecular complexity index is 1200. The van der Waals surface area contributed by atoms with Crippen LogP contribution < -0.4 is 11.1 Å². The molecule has 1 aliphatic carbocycles. The topological polar surface area (TPSA) is 122 Å². The van der Waals surface area contributed by atoms with E-state index in [-0.39, 0.29) is 11.8 Å².